The number of nitrogens with one attached hydrogen (secondary N) is 1. The second kappa shape index (κ2) is 7.83. The van der Waals surface area contributed by atoms with Crippen molar-refractivity contribution in [1.82, 2.24) is 10.2 Å². The number of rotatable bonds is 5. The smallest absolute Gasteiger partial charge is 0.238 e. The van der Waals surface area contributed by atoms with Gasteiger partial charge in [0.15, 0.2) is 0 Å². The first-order valence-corrected chi connectivity index (χ1v) is 8.74. The molecule has 1 aromatic carbocycles. The van der Waals surface area contributed by atoms with Crippen LogP contribution in [0.1, 0.15) is 27.7 Å². The zero-order valence-electron chi connectivity index (χ0n) is 15.4. The third kappa shape index (κ3) is 4.49. The van der Waals surface area contributed by atoms with Gasteiger partial charge in [0.1, 0.15) is 11.4 Å². The summed E-state index contributed by atoms with van der Waals surface area (Å²) in [5.41, 5.74) is 0.136. The lowest BCUT2D eigenvalue weighted by atomic mass is 9.89. The molecule has 2 unspecified atom stereocenters. The van der Waals surface area contributed by atoms with E-state index in [1.54, 1.807) is 19.1 Å². The molecule has 0 saturated carbocycles. The van der Waals surface area contributed by atoms with Gasteiger partial charge in [0.2, 0.25) is 5.91 Å². The van der Waals surface area contributed by atoms with Crippen molar-refractivity contribution in [3.8, 4) is 6.07 Å². The van der Waals surface area contributed by atoms with Crippen LogP contribution in [0.15, 0.2) is 24.3 Å². The molecule has 5 nitrogen and oxygen atoms in total. The average Bonchev–Trinajstić information content (AvgIpc) is 2.61. The quantitative estimate of drug-likeness (QED) is 0.889. The number of amides is 1. The molecule has 1 N–H and O–H groups in total. The van der Waals surface area contributed by atoms with Gasteiger partial charge in [-0.3, -0.25) is 9.69 Å². The summed E-state index contributed by atoms with van der Waals surface area (Å²) < 4.78 is 13.0. The maximum Gasteiger partial charge on any atom is 0.238 e. The average molecular weight is 346 g/mol. The SMILES string of the molecule is CC(C(=O)NC(C)(C#N)C(C)C)N1CCN(c2ccc(F)cc2)CC1. The molecule has 1 heterocycles. The van der Waals surface area contributed by atoms with E-state index in [-0.39, 0.29) is 23.7 Å². The molecule has 0 radical (unpaired) electrons. The van der Waals surface area contributed by atoms with Gasteiger partial charge in [0.25, 0.3) is 0 Å². The molecule has 0 bridgehead atoms. The molecule has 1 aliphatic rings. The molecule has 1 aromatic rings. The third-order valence-electron chi connectivity index (χ3n) is 5.20. The number of anilines is 1. The standard InChI is InChI=1S/C19H27FN4O/c1-14(2)19(4,13-21)22-18(25)15(3)23-9-11-24(12-10-23)17-7-5-16(20)6-8-17/h5-8,14-15H,9-12H2,1-4H3,(H,22,25). The number of benzene rings is 1. The number of nitriles is 1. The predicted molar refractivity (Wildman–Crippen MR) is 96.6 cm³/mol. The predicted octanol–water partition coefficient (Wildman–Crippen LogP) is 2.39. The number of nitrogens with zero attached hydrogens (tertiary/aromatic N) is 3. The van der Waals surface area contributed by atoms with Crippen LogP contribution in [0.4, 0.5) is 10.1 Å². The van der Waals surface area contributed by atoms with Crippen LogP contribution in [0, 0.1) is 23.1 Å². The van der Waals surface area contributed by atoms with E-state index in [1.807, 2.05) is 20.8 Å². The van der Waals surface area contributed by atoms with E-state index in [2.05, 4.69) is 21.2 Å². The molecule has 0 aromatic heterocycles. The third-order valence-corrected chi connectivity index (χ3v) is 5.20. The van der Waals surface area contributed by atoms with Crippen LogP contribution < -0.4 is 10.2 Å². The Morgan fingerprint density at radius 1 is 1.20 bits per heavy atom. The molecule has 25 heavy (non-hydrogen) atoms. The molecule has 1 amide bonds. The van der Waals surface area contributed by atoms with Crippen LogP contribution in [-0.4, -0.2) is 48.6 Å². The van der Waals surface area contributed by atoms with E-state index in [9.17, 15) is 14.4 Å². The molecule has 0 aliphatic carbocycles. The molecule has 2 rings (SSSR count). The van der Waals surface area contributed by atoms with Gasteiger partial charge in [-0.25, -0.2) is 4.39 Å². The summed E-state index contributed by atoms with van der Waals surface area (Å²) in [6.07, 6.45) is 0. The minimum absolute atomic E-state index is 0.0315. The highest BCUT2D eigenvalue weighted by Gasteiger charge is 2.33. The summed E-state index contributed by atoms with van der Waals surface area (Å²) in [6.45, 7) is 10.5. The Bertz CT molecular complexity index is 632. The number of carbonyl (C=O) groups excluding carboxylic acids is 1. The molecule has 1 fully saturated rings. The summed E-state index contributed by atoms with van der Waals surface area (Å²) in [4.78, 5) is 16.9. The van der Waals surface area contributed by atoms with Crippen molar-refractivity contribution in [3.05, 3.63) is 30.1 Å². The van der Waals surface area contributed by atoms with Crippen LogP contribution >= 0.6 is 0 Å². The van der Waals surface area contributed by atoms with E-state index in [0.717, 1.165) is 31.9 Å². The van der Waals surface area contributed by atoms with Gasteiger partial charge in [0.05, 0.1) is 12.1 Å². The molecule has 1 saturated heterocycles. The normalized spacial score (nSPS) is 19.2. The fourth-order valence-electron chi connectivity index (χ4n) is 2.85. The summed E-state index contributed by atoms with van der Waals surface area (Å²) in [5, 5.41) is 12.3. The largest absolute Gasteiger partial charge is 0.369 e. The first kappa shape index (κ1) is 19.2. The number of hydrogen-bond donors (Lipinski definition) is 1. The topological polar surface area (TPSA) is 59.4 Å². The molecule has 1 aliphatic heterocycles. The highest BCUT2D eigenvalue weighted by atomic mass is 19.1. The number of hydrogen-bond acceptors (Lipinski definition) is 4. The lowest BCUT2D eigenvalue weighted by Crippen LogP contribution is -2.58. The van der Waals surface area contributed by atoms with E-state index in [1.165, 1.54) is 12.1 Å². The van der Waals surface area contributed by atoms with Crippen molar-refractivity contribution in [2.45, 2.75) is 39.3 Å². The number of carbonyl (C=O) groups is 1. The minimum Gasteiger partial charge on any atom is -0.369 e. The van der Waals surface area contributed by atoms with E-state index >= 15 is 0 Å². The van der Waals surface area contributed by atoms with Crippen LogP contribution in [0.3, 0.4) is 0 Å². The van der Waals surface area contributed by atoms with Crippen LogP contribution in [0.2, 0.25) is 0 Å². The fourth-order valence-corrected chi connectivity index (χ4v) is 2.85. The molecular weight excluding hydrogens is 319 g/mol. The second-order valence-corrected chi connectivity index (χ2v) is 7.13. The van der Waals surface area contributed by atoms with Crippen molar-refractivity contribution in [2.24, 2.45) is 5.92 Å². The van der Waals surface area contributed by atoms with Gasteiger partial charge >= 0.3 is 0 Å². The lowest BCUT2D eigenvalue weighted by Gasteiger charge is -2.39. The van der Waals surface area contributed by atoms with Crippen LogP contribution in [-0.2, 0) is 4.79 Å². The number of halogens is 1. The Kier molecular flexibility index (Phi) is 6.02. The van der Waals surface area contributed by atoms with Gasteiger partial charge in [-0.1, -0.05) is 13.8 Å². The van der Waals surface area contributed by atoms with Gasteiger partial charge in [-0.2, -0.15) is 5.26 Å². The van der Waals surface area contributed by atoms with Gasteiger partial charge in [0, 0.05) is 31.9 Å². The Morgan fingerprint density at radius 2 is 1.76 bits per heavy atom. The van der Waals surface area contributed by atoms with E-state index < -0.39 is 5.54 Å². The Balaban J connectivity index is 1.92. The molecule has 6 heteroatoms. The maximum absolute atomic E-state index is 13.0. The van der Waals surface area contributed by atoms with E-state index in [0.29, 0.717) is 0 Å². The van der Waals surface area contributed by atoms with Crippen molar-refractivity contribution in [3.63, 3.8) is 0 Å². The van der Waals surface area contributed by atoms with Gasteiger partial charge in [-0.05, 0) is 44.0 Å². The monoisotopic (exact) mass is 346 g/mol. The van der Waals surface area contributed by atoms with Crippen molar-refractivity contribution in [1.29, 1.82) is 5.26 Å². The summed E-state index contributed by atoms with van der Waals surface area (Å²) in [6, 6.07) is 8.41. The van der Waals surface area contributed by atoms with Crippen molar-refractivity contribution >= 4 is 11.6 Å². The van der Waals surface area contributed by atoms with Gasteiger partial charge in [-0.15, -0.1) is 0 Å². The first-order chi connectivity index (χ1) is 11.8. The van der Waals surface area contributed by atoms with Crippen LogP contribution in [0.5, 0.6) is 0 Å². The highest BCUT2D eigenvalue weighted by Crippen LogP contribution is 2.19. The molecule has 2 atom stereocenters. The minimum atomic E-state index is -0.860. The summed E-state index contributed by atoms with van der Waals surface area (Å²) in [5.74, 6) is -0.324. The van der Waals surface area contributed by atoms with Crippen LogP contribution in [0.25, 0.3) is 0 Å². The van der Waals surface area contributed by atoms with E-state index in [4.69, 9.17) is 0 Å². The summed E-state index contributed by atoms with van der Waals surface area (Å²) >= 11 is 0. The summed E-state index contributed by atoms with van der Waals surface area (Å²) in [7, 11) is 0. The maximum atomic E-state index is 13.0. The van der Waals surface area contributed by atoms with Crippen molar-refractivity contribution < 1.29 is 9.18 Å². The van der Waals surface area contributed by atoms with Crippen molar-refractivity contribution in [2.75, 3.05) is 31.1 Å². The molecule has 136 valence electrons. The van der Waals surface area contributed by atoms with Gasteiger partial charge < -0.3 is 10.2 Å². The highest BCUT2D eigenvalue weighted by molar-refractivity contribution is 5.82. The fraction of sp³-hybridized carbons (Fsp3) is 0.579. The Morgan fingerprint density at radius 3 is 2.24 bits per heavy atom. The first-order valence-electron chi connectivity index (χ1n) is 8.74. The number of piperazine rings is 1. The molecule has 0 spiro atoms. The Hall–Kier alpha value is -2.13. The lowest BCUT2D eigenvalue weighted by molar-refractivity contribution is -0.127. The second-order valence-electron chi connectivity index (χ2n) is 7.13. The zero-order valence-corrected chi connectivity index (χ0v) is 15.4. The Labute approximate surface area is 149 Å². The molecular formula is C19H27FN4O. The zero-order chi connectivity index (χ0) is 18.6.